The van der Waals surface area contributed by atoms with E-state index in [1.54, 1.807) is 38.3 Å². The lowest BCUT2D eigenvalue weighted by atomic mass is 10.1. The Labute approximate surface area is 192 Å². The lowest BCUT2D eigenvalue weighted by Crippen LogP contribution is -2.26. The van der Waals surface area contributed by atoms with Crippen molar-refractivity contribution < 1.29 is 18.7 Å². The lowest BCUT2D eigenvalue weighted by Gasteiger charge is -2.20. The topological polar surface area (TPSA) is 77.7 Å². The molecule has 0 unspecified atom stereocenters. The minimum atomic E-state index is -0.113. The highest BCUT2D eigenvalue weighted by Crippen LogP contribution is 2.31. The summed E-state index contributed by atoms with van der Waals surface area (Å²) < 4.78 is 16.7. The molecule has 0 atom stereocenters. The maximum Gasteiger partial charge on any atom is 0.253 e. The quantitative estimate of drug-likeness (QED) is 0.400. The molecule has 168 valence electrons. The van der Waals surface area contributed by atoms with Gasteiger partial charge in [-0.05, 0) is 48.9 Å². The predicted molar refractivity (Wildman–Crippen MR) is 125 cm³/mol. The van der Waals surface area contributed by atoms with Gasteiger partial charge in [-0.2, -0.15) is 0 Å². The first-order valence-corrected chi connectivity index (χ1v) is 10.5. The van der Waals surface area contributed by atoms with Crippen molar-refractivity contribution in [3.05, 3.63) is 83.4 Å². The number of benzene rings is 3. The first-order valence-electron chi connectivity index (χ1n) is 10.5. The van der Waals surface area contributed by atoms with Crippen molar-refractivity contribution in [1.29, 1.82) is 0 Å². The fraction of sp³-hybridized carbons (Fsp3) is 0.192. The molecule has 0 aliphatic rings. The number of carbonyl (C=O) groups is 1. The van der Waals surface area contributed by atoms with E-state index in [2.05, 4.69) is 10.2 Å². The standard InChI is InChI=1S/C26H25N3O4/c1-17-8-5-6-10-21(17)25-28-27-24(33-25)18-12-14-19(15-13-18)26(30)29(2)16-20-9-7-11-22(31-3)23(20)32-4/h5-15H,16H2,1-4H3. The fourth-order valence-corrected chi connectivity index (χ4v) is 3.64. The third kappa shape index (κ3) is 4.57. The number of amides is 1. The third-order valence-corrected chi connectivity index (χ3v) is 5.42. The smallest absolute Gasteiger partial charge is 0.253 e. The molecular formula is C26H25N3O4. The highest BCUT2D eigenvalue weighted by atomic mass is 16.5. The number of aromatic nitrogens is 2. The number of methoxy groups -OCH3 is 2. The fourth-order valence-electron chi connectivity index (χ4n) is 3.64. The summed E-state index contributed by atoms with van der Waals surface area (Å²) in [6.45, 7) is 2.38. The summed E-state index contributed by atoms with van der Waals surface area (Å²) in [5, 5.41) is 8.34. The van der Waals surface area contributed by atoms with Crippen molar-refractivity contribution >= 4 is 5.91 Å². The van der Waals surface area contributed by atoms with Gasteiger partial charge in [0, 0.05) is 35.8 Å². The van der Waals surface area contributed by atoms with Gasteiger partial charge in [0.2, 0.25) is 11.8 Å². The summed E-state index contributed by atoms with van der Waals surface area (Å²) in [6, 6.07) is 20.6. The highest BCUT2D eigenvalue weighted by molar-refractivity contribution is 5.94. The number of carbonyl (C=O) groups excluding carboxylic acids is 1. The maximum atomic E-state index is 13.0. The maximum absolute atomic E-state index is 13.0. The molecule has 1 aromatic heterocycles. The van der Waals surface area contributed by atoms with Crippen LogP contribution in [0.1, 0.15) is 21.5 Å². The van der Waals surface area contributed by atoms with Crippen LogP contribution in [0.3, 0.4) is 0 Å². The number of ether oxygens (including phenoxy) is 2. The van der Waals surface area contributed by atoms with E-state index < -0.39 is 0 Å². The number of aryl methyl sites for hydroxylation is 1. The molecule has 0 radical (unpaired) electrons. The van der Waals surface area contributed by atoms with Crippen LogP contribution in [0.5, 0.6) is 11.5 Å². The van der Waals surface area contributed by atoms with Crippen LogP contribution in [0.25, 0.3) is 22.9 Å². The summed E-state index contributed by atoms with van der Waals surface area (Å²) >= 11 is 0. The van der Waals surface area contributed by atoms with Gasteiger partial charge in [-0.25, -0.2) is 0 Å². The van der Waals surface area contributed by atoms with Gasteiger partial charge in [0.1, 0.15) is 0 Å². The van der Waals surface area contributed by atoms with Crippen LogP contribution < -0.4 is 9.47 Å². The van der Waals surface area contributed by atoms with Crippen molar-refractivity contribution in [2.75, 3.05) is 21.3 Å². The van der Waals surface area contributed by atoms with Crippen LogP contribution in [0, 0.1) is 6.92 Å². The zero-order valence-corrected chi connectivity index (χ0v) is 19.0. The summed E-state index contributed by atoms with van der Waals surface area (Å²) in [7, 11) is 4.93. The van der Waals surface area contributed by atoms with Crippen molar-refractivity contribution in [2.45, 2.75) is 13.5 Å². The van der Waals surface area contributed by atoms with Crippen LogP contribution in [-0.2, 0) is 6.54 Å². The molecule has 1 amide bonds. The molecule has 0 aliphatic carbocycles. The molecule has 0 spiro atoms. The Morgan fingerprint density at radius 1 is 0.909 bits per heavy atom. The van der Waals surface area contributed by atoms with Crippen molar-refractivity contribution in [2.24, 2.45) is 0 Å². The molecule has 7 nitrogen and oxygen atoms in total. The first-order chi connectivity index (χ1) is 16.0. The van der Waals surface area contributed by atoms with Crippen LogP contribution in [0.2, 0.25) is 0 Å². The van der Waals surface area contributed by atoms with E-state index >= 15 is 0 Å². The zero-order chi connectivity index (χ0) is 23.4. The second-order valence-electron chi connectivity index (χ2n) is 7.62. The number of para-hydroxylation sites is 1. The summed E-state index contributed by atoms with van der Waals surface area (Å²) in [6.07, 6.45) is 0. The molecule has 4 aromatic rings. The summed E-state index contributed by atoms with van der Waals surface area (Å²) in [5.74, 6) is 2.01. The van der Waals surface area contributed by atoms with Gasteiger partial charge in [0.05, 0.1) is 14.2 Å². The largest absolute Gasteiger partial charge is 0.493 e. The highest BCUT2D eigenvalue weighted by Gasteiger charge is 2.17. The van der Waals surface area contributed by atoms with Crippen molar-refractivity contribution in [1.82, 2.24) is 15.1 Å². The molecular weight excluding hydrogens is 418 g/mol. The second-order valence-corrected chi connectivity index (χ2v) is 7.62. The number of nitrogens with zero attached hydrogens (tertiary/aromatic N) is 3. The Balaban J connectivity index is 1.50. The molecule has 0 aliphatic heterocycles. The van der Waals surface area contributed by atoms with Crippen molar-refractivity contribution in [3.8, 4) is 34.4 Å². The van der Waals surface area contributed by atoms with Crippen LogP contribution in [0.4, 0.5) is 0 Å². The first kappa shape index (κ1) is 22.1. The lowest BCUT2D eigenvalue weighted by molar-refractivity contribution is 0.0784. The Bertz CT molecular complexity index is 1260. The Hall–Kier alpha value is -4.13. The van der Waals surface area contributed by atoms with Gasteiger partial charge in [0.25, 0.3) is 5.91 Å². The van der Waals surface area contributed by atoms with Gasteiger partial charge in [-0.1, -0.05) is 30.3 Å². The van der Waals surface area contributed by atoms with Gasteiger partial charge >= 0.3 is 0 Å². The number of rotatable bonds is 7. The molecule has 0 saturated carbocycles. The minimum Gasteiger partial charge on any atom is -0.493 e. The molecule has 0 fully saturated rings. The van der Waals surface area contributed by atoms with Crippen LogP contribution >= 0.6 is 0 Å². The molecule has 4 rings (SSSR count). The Kier molecular flexibility index (Phi) is 6.40. The minimum absolute atomic E-state index is 0.113. The van der Waals surface area contributed by atoms with Crippen LogP contribution in [0.15, 0.2) is 71.1 Å². The average molecular weight is 444 g/mol. The third-order valence-electron chi connectivity index (χ3n) is 5.42. The molecule has 0 N–H and O–H groups in total. The average Bonchev–Trinajstić information content (AvgIpc) is 3.33. The Morgan fingerprint density at radius 3 is 2.33 bits per heavy atom. The monoisotopic (exact) mass is 443 g/mol. The molecule has 7 heteroatoms. The number of hydrogen-bond acceptors (Lipinski definition) is 6. The Morgan fingerprint density at radius 2 is 1.64 bits per heavy atom. The molecule has 0 saturated heterocycles. The normalized spacial score (nSPS) is 10.7. The van der Waals surface area contributed by atoms with Gasteiger partial charge in [-0.3, -0.25) is 4.79 Å². The van der Waals surface area contributed by atoms with Gasteiger partial charge < -0.3 is 18.8 Å². The van der Waals surface area contributed by atoms with Gasteiger partial charge in [-0.15, -0.1) is 10.2 Å². The predicted octanol–water partition coefficient (Wildman–Crippen LogP) is 5.00. The molecule has 0 bridgehead atoms. The SMILES string of the molecule is COc1cccc(CN(C)C(=O)c2ccc(-c3nnc(-c4ccccc4C)o3)cc2)c1OC. The molecule has 33 heavy (non-hydrogen) atoms. The van der Waals surface area contributed by atoms with Crippen molar-refractivity contribution in [3.63, 3.8) is 0 Å². The zero-order valence-electron chi connectivity index (χ0n) is 19.0. The van der Waals surface area contributed by atoms with E-state index in [0.29, 0.717) is 35.4 Å². The number of hydrogen-bond donors (Lipinski definition) is 0. The van der Waals surface area contributed by atoms with Crippen LogP contribution in [-0.4, -0.2) is 42.3 Å². The van der Waals surface area contributed by atoms with E-state index in [4.69, 9.17) is 13.9 Å². The van der Waals surface area contributed by atoms with E-state index in [-0.39, 0.29) is 5.91 Å². The summed E-state index contributed by atoms with van der Waals surface area (Å²) in [4.78, 5) is 14.6. The van der Waals surface area contributed by atoms with E-state index in [1.165, 1.54) is 0 Å². The molecule has 1 heterocycles. The molecule has 3 aromatic carbocycles. The van der Waals surface area contributed by atoms with E-state index in [1.807, 2.05) is 61.5 Å². The van der Waals surface area contributed by atoms with E-state index in [9.17, 15) is 4.79 Å². The second kappa shape index (κ2) is 9.56. The van der Waals surface area contributed by atoms with E-state index in [0.717, 1.165) is 22.3 Å². The van der Waals surface area contributed by atoms with Gasteiger partial charge in [0.15, 0.2) is 11.5 Å². The summed E-state index contributed by atoms with van der Waals surface area (Å²) in [5.41, 5.74) is 4.12.